The zero-order chi connectivity index (χ0) is 17.9. The number of nitrogens with zero attached hydrogens (tertiary/aromatic N) is 2. The van der Waals surface area contributed by atoms with Crippen molar-refractivity contribution in [3.8, 4) is 10.6 Å². The Morgan fingerprint density at radius 1 is 1.23 bits per heavy atom. The molecular formula is C20H20BrN3OS. The molecule has 3 aromatic rings. The molecule has 2 heterocycles. The standard InChI is InChI=1S/C20H20BrN3OS/c21-17-9-4-3-8-16(17)20(25)22-13-14-12-18(19-10-5-11-26-19)24(23-14)15-6-1-2-7-15/h3-5,8-12,15H,1-2,6-7,13H2,(H,22,25). The van der Waals surface area contributed by atoms with E-state index in [0.29, 0.717) is 18.2 Å². The fourth-order valence-electron chi connectivity index (χ4n) is 3.48. The molecule has 6 heteroatoms. The minimum absolute atomic E-state index is 0.0921. The molecule has 26 heavy (non-hydrogen) atoms. The van der Waals surface area contributed by atoms with Gasteiger partial charge in [0, 0.05) is 4.47 Å². The van der Waals surface area contributed by atoms with Crippen molar-refractivity contribution in [3.63, 3.8) is 0 Å². The third kappa shape index (κ3) is 3.62. The van der Waals surface area contributed by atoms with Gasteiger partial charge in [-0.3, -0.25) is 9.48 Å². The van der Waals surface area contributed by atoms with E-state index >= 15 is 0 Å². The molecule has 4 nitrogen and oxygen atoms in total. The highest BCUT2D eigenvalue weighted by Gasteiger charge is 2.22. The van der Waals surface area contributed by atoms with Gasteiger partial charge < -0.3 is 5.32 Å². The highest BCUT2D eigenvalue weighted by Crippen LogP contribution is 2.35. The highest BCUT2D eigenvalue weighted by molar-refractivity contribution is 9.10. The van der Waals surface area contributed by atoms with Crippen LogP contribution in [0.25, 0.3) is 10.6 Å². The number of rotatable bonds is 5. The van der Waals surface area contributed by atoms with Crippen LogP contribution in [0.15, 0.2) is 52.3 Å². The second kappa shape index (κ2) is 7.76. The maximum Gasteiger partial charge on any atom is 0.252 e. The van der Waals surface area contributed by atoms with Crippen LogP contribution in [0, 0.1) is 0 Å². The fraction of sp³-hybridized carbons (Fsp3) is 0.300. The van der Waals surface area contributed by atoms with Gasteiger partial charge in [0.05, 0.1) is 34.4 Å². The highest BCUT2D eigenvalue weighted by atomic mass is 79.9. The van der Waals surface area contributed by atoms with Crippen LogP contribution in [-0.2, 0) is 6.54 Å². The summed E-state index contributed by atoms with van der Waals surface area (Å²) < 4.78 is 2.98. The molecule has 134 valence electrons. The van der Waals surface area contributed by atoms with Gasteiger partial charge in [0.1, 0.15) is 0 Å². The van der Waals surface area contributed by atoms with Crippen molar-refractivity contribution in [2.75, 3.05) is 0 Å². The molecular weight excluding hydrogens is 410 g/mol. The van der Waals surface area contributed by atoms with Gasteiger partial charge in [0.25, 0.3) is 5.91 Å². The van der Waals surface area contributed by atoms with E-state index in [4.69, 9.17) is 5.10 Å². The Kier molecular flexibility index (Phi) is 5.22. The first-order valence-corrected chi connectivity index (χ1v) is 10.5. The first kappa shape index (κ1) is 17.5. The maximum atomic E-state index is 12.4. The van der Waals surface area contributed by atoms with Crippen molar-refractivity contribution < 1.29 is 4.79 Å². The van der Waals surface area contributed by atoms with E-state index in [0.717, 1.165) is 15.9 Å². The number of thiophene rings is 1. The summed E-state index contributed by atoms with van der Waals surface area (Å²) in [6, 6.07) is 14.2. The largest absolute Gasteiger partial charge is 0.346 e. The van der Waals surface area contributed by atoms with Crippen molar-refractivity contribution >= 4 is 33.2 Å². The van der Waals surface area contributed by atoms with E-state index in [-0.39, 0.29) is 5.91 Å². The number of amides is 1. The van der Waals surface area contributed by atoms with Crippen LogP contribution in [0.1, 0.15) is 47.8 Å². The first-order chi connectivity index (χ1) is 12.7. The molecule has 0 bridgehead atoms. The molecule has 0 aliphatic heterocycles. The van der Waals surface area contributed by atoms with Gasteiger partial charge in [-0.25, -0.2) is 0 Å². The summed E-state index contributed by atoms with van der Waals surface area (Å²) in [4.78, 5) is 13.7. The van der Waals surface area contributed by atoms with Crippen molar-refractivity contribution in [1.29, 1.82) is 0 Å². The molecule has 4 rings (SSSR count). The molecule has 0 spiro atoms. The van der Waals surface area contributed by atoms with Gasteiger partial charge in [-0.1, -0.05) is 31.0 Å². The number of aromatic nitrogens is 2. The lowest BCUT2D eigenvalue weighted by Gasteiger charge is -2.13. The molecule has 1 aliphatic rings. The summed E-state index contributed by atoms with van der Waals surface area (Å²) in [5.74, 6) is -0.0921. The molecule has 2 aromatic heterocycles. The molecule has 1 amide bonds. The molecule has 0 atom stereocenters. The third-order valence-electron chi connectivity index (χ3n) is 4.78. The van der Waals surface area contributed by atoms with Gasteiger partial charge in [-0.05, 0) is 58.4 Å². The molecule has 0 unspecified atom stereocenters. The molecule has 0 radical (unpaired) electrons. The van der Waals surface area contributed by atoms with Crippen LogP contribution in [0.2, 0.25) is 0 Å². The Bertz CT molecular complexity index is 898. The van der Waals surface area contributed by atoms with Crippen LogP contribution in [0.5, 0.6) is 0 Å². The second-order valence-corrected chi connectivity index (χ2v) is 8.35. The smallest absolute Gasteiger partial charge is 0.252 e. The average molecular weight is 430 g/mol. The first-order valence-electron chi connectivity index (χ1n) is 8.87. The lowest BCUT2D eigenvalue weighted by atomic mass is 10.2. The summed E-state index contributed by atoms with van der Waals surface area (Å²) in [5, 5.41) is 9.92. The van der Waals surface area contributed by atoms with E-state index in [1.165, 1.54) is 30.6 Å². The van der Waals surface area contributed by atoms with Gasteiger partial charge in [-0.15, -0.1) is 11.3 Å². The Balaban J connectivity index is 1.54. The third-order valence-corrected chi connectivity index (χ3v) is 6.36. The number of hydrogen-bond donors (Lipinski definition) is 1. The van der Waals surface area contributed by atoms with E-state index in [1.54, 1.807) is 11.3 Å². The number of hydrogen-bond acceptors (Lipinski definition) is 3. The maximum absolute atomic E-state index is 12.4. The van der Waals surface area contributed by atoms with Gasteiger partial charge in [0.15, 0.2) is 0 Å². The SMILES string of the molecule is O=C(NCc1cc(-c2cccs2)n(C2CCCC2)n1)c1ccccc1Br. The number of carbonyl (C=O) groups excluding carboxylic acids is 1. The van der Waals surface area contributed by atoms with Crippen molar-refractivity contribution in [1.82, 2.24) is 15.1 Å². The zero-order valence-electron chi connectivity index (χ0n) is 14.3. The summed E-state index contributed by atoms with van der Waals surface area (Å²) in [5.41, 5.74) is 2.71. The van der Waals surface area contributed by atoms with Crippen LogP contribution in [0.4, 0.5) is 0 Å². The molecule has 1 aliphatic carbocycles. The summed E-state index contributed by atoms with van der Waals surface area (Å²) in [7, 11) is 0. The number of benzene rings is 1. The normalized spacial score (nSPS) is 14.7. The van der Waals surface area contributed by atoms with Gasteiger partial charge in [0.2, 0.25) is 0 Å². The monoisotopic (exact) mass is 429 g/mol. The van der Waals surface area contributed by atoms with E-state index in [9.17, 15) is 4.79 Å². The average Bonchev–Trinajstić information content (AvgIpc) is 3.40. The Hall–Kier alpha value is -1.92. The van der Waals surface area contributed by atoms with E-state index in [1.807, 2.05) is 24.3 Å². The van der Waals surface area contributed by atoms with Crippen molar-refractivity contribution in [2.45, 2.75) is 38.3 Å². The fourth-order valence-corrected chi connectivity index (χ4v) is 4.68. The van der Waals surface area contributed by atoms with Gasteiger partial charge in [-0.2, -0.15) is 5.10 Å². The summed E-state index contributed by atoms with van der Waals surface area (Å²) in [6.07, 6.45) is 4.90. The predicted octanol–water partition coefficient (Wildman–Crippen LogP) is 5.42. The quantitative estimate of drug-likeness (QED) is 0.588. The number of halogens is 1. The Morgan fingerprint density at radius 3 is 2.77 bits per heavy atom. The molecule has 1 N–H and O–H groups in total. The number of nitrogens with one attached hydrogen (secondary N) is 1. The minimum atomic E-state index is -0.0921. The molecule has 1 saturated carbocycles. The lowest BCUT2D eigenvalue weighted by molar-refractivity contribution is 0.0949. The topological polar surface area (TPSA) is 46.9 Å². The van der Waals surface area contributed by atoms with Crippen LogP contribution < -0.4 is 5.32 Å². The minimum Gasteiger partial charge on any atom is -0.346 e. The Morgan fingerprint density at radius 2 is 2.04 bits per heavy atom. The predicted molar refractivity (Wildman–Crippen MR) is 108 cm³/mol. The number of carbonyl (C=O) groups is 1. The van der Waals surface area contributed by atoms with E-state index < -0.39 is 0 Å². The molecule has 1 fully saturated rings. The van der Waals surface area contributed by atoms with E-state index in [2.05, 4.69) is 49.5 Å². The van der Waals surface area contributed by atoms with Crippen LogP contribution in [0.3, 0.4) is 0 Å². The van der Waals surface area contributed by atoms with Gasteiger partial charge >= 0.3 is 0 Å². The zero-order valence-corrected chi connectivity index (χ0v) is 16.7. The van der Waals surface area contributed by atoms with Crippen molar-refractivity contribution in [2.24, 2.45) is 0 Å². The summed E-state index contributed by atoms with van der Waals surface area (Å²) in [6.45, 7) is 0.429. The van der Waals surface area contributed by atoms with Crippen molar-refractivity contribution in [3.05, 3.63) is 63.6 Å². The molecule has 1 aromatic carbocycles. The van der Waals surface area contributed by atoms with Crippen LogP contribution in [-0.4, -0.2) is 15.7 Å². The summed E-state index contributed by atoms with van der Waals surface area (Å²) >= 11 is 5.16. The molecule has 0 saturated heterocycles. The lowest BCUT2D eigenvalue weighted by Crippen LogP contribution is -2.23. The second-order valence-electron chi connectivity index (χ2n) is 6.54. The van der Waals surface area contributed by atoms with Crippen LogP contribution >= 0.6 is 27.3 Å². The Labute approximate surface area is 165 Å².